The van der Waals surface area contributed by atoms with Crippen LogP contribution < -0.4 is 5.32 Å². The highest BCUT2D eigenvalue weighted by Crippen LogP contribution is 2.25. The number of nitrogens with zero attached hydrogens (tertiary/aromatic N) is 2. The molecular formula is C20H33N3O3S. The molecule has 2 unspecified atom stereocenters. The van der Waals surface area contributed by atoms with E-state index in [0.717, 1.165) is 5.56 Å². The van der Waals surface area contributed by atoms with Crippen LogP contribution in [0.15, 0.2) is 24.3 Å². The second-order valence-electron chi connectivity index (χ2n) is 8.59. The lowest BCUT2D eigenvalue weighted by molar-refractivity contribution is -0.126. The zero-order valence-electron chi connectivity index (χ0n) is 17.3. The number of hydrogen-bond donors (Lipinski definition) is 1. The maximum absolute atomic E-state index is 12.7. The van der Waals surface area contributed by atoms with E-state index in [4.69, 9.17) is 0 Å². The second-order valence-corrected chi connectivity index (χ2v) is 10.7. The van der Waals surface area contributed by atoms with Crippen LogP contribution in [0.25, 0.3) is 0 Å². The van der Waals surface area contributed by atoms with Gasteiger partial charge in [0.2, 0.25) is 5.91 Å². The molecule has 0 saturated carbocycles. The summed E-state index contributed by atoms with van der Waals surface area (Å²) in [6, 6.07) is 8.19. The first-order valence-corrected chi connectivity index (χ1v) is 10.9. The van der Waals surface area contributed by atoms with Crippen molar-refractivity contribution in [2.45, 2.75) is 52.0 Å². The Balaban J connectivity index is 2.01. The molecule has 27 heavy (non-hydrogen) atoms. The highest BCUT2D eigenvalue weighted by atomic mass is 32.2. The lowest BCUT2D eigenvalue weighted by Gasteiger charge is -2.33. The number of carbonyl (C=O) groups excluding carboxylic acids is 1. The van der Waals surface area contributed by atoms with Crippen molar-refractivity contribution in [3.8, 4) is 0 Å². The molecular weight excluding hydrogens is 362 g/mol. The molecule has 1 heterocycles. The fraction of sp³-hybridized carbons (Fsp3) is 0.650. The largest absolute Gasteiger partial charge is 0.349 e. The average Bonchev–Trinajstić information content (AvgIpc) is 2.61. The summed E-state index contributed by atoms with van der Waals surface area (Å²) in [6.45, 7) is 9.18. The zero-order valence-corrected chi connectivity index (χ0v) is 18.1. The Hall–Kier alpha value is -1.44. The van der Waals surface area contributed by atoms with Crippen LogP contribution in [-0.2, 0) is 20.4 Å². The second kappa shape index (κ2) is 8.29. The van der Waals surface area contributed by atoms with Crippen LogP contribution in [0.5, 0.6) is 0 Å². The predicted molar refractivity (Wildman–Crippen MR) is 109 cm³/mol. The van der Waals surface area contributed by atoms with Gasteiger partial charge in [-0.2, -0.15) is 17.0 Å². The summed E-state index contributed by atoms with van der Waals surface area (Å²) in [5, 5.41) is 3.05. The summed E-state index contributed by atoms with van der Waals surface area (Å²) >= 11 is 0. The molecule has 1 aromatic rings. The highest BCUT2D eigenvalue weighted by molar-refractivity contribution is 7.86. The smallest absolute Gasteiger partial charge is 0.281 e. The third kappa shape index (κ3) is 5.30. The first kappa shape index (κ1) is 21.9. The molecule has 2 atom stereocenters. The van der Waals surface area contributed by atoms with Crippen molar-refractivity contribution >= 4 is 16.1 Å². The van der Waals surface area contributed by atoms with Crippen molar-refractivity contribution in [3.63, 3.8) is 0 Å². The number of benzene rings is 1. The minimum Gasteiger partial charge on any atom is -0.349 e. The molecule has 0 spiro atoms. The normalized spacial score (nSPS) is 20.5. The van der Waals surface area contributed by atoms with Gasteiger partial charge in [0.05, 0.1) is 12.0 Å². The summed E-state index contributed by atoms with van der Waals surface area (Å²) in [5.74, 6) is -0.397. The first-order chi connectivity index (χ1) is 12.4. The van der Waals surface area contributed by atoms with Crippen molar-refractivity contribution < 1.29 is 13.2 Å². The molecule has 0 bridgehead atoms. The molecule has 0 aliphatic carbocycles. The maximum atomic E-state index is 12.7. The van der Waals surface area contributed by atoms with Crippen LogP contribution in [0.4, 0.5) is 0 Å². The Labute approximate surface area is 164 Å². The van der Waals surface area contributed by atoms with Gasteiger partial charge in [0.15, 0.2) is 0 Å². The minimum absolute atomic E-state index is 0.0824. The van der Waals surface area contributed by atoms with Crippen molar-refractivity contribution in [2.75, 3.05) is 27.2 Å². The number of rotatable bonds is 5. The van der Waals surface area contributed by atoms with Crippen LogP contribution in [0.2, 0.25) is 0 Å². The van der Waals surface area contributed by atoms with Gasteiger partial charge in [0, 0.05) is 27.2 Å². The van der Waals surface area contributed by atoms with E-state index in [1.54, 1.807) is 0 Å². The van der Waals surface area contributed by atoms with E-state index in [2.05, 4.69) is 50.4 Å². The molecule has 1 aliphatic heterocycles. The van der Waals surface area contributed by atoms with Gasteiger partial charge in [-0.25, -0.2) is 0 Å². The molecule has 0 radical (unpaired) electrons. The monoisotopic (exact) mass is 395 g/mol. The molecule has 1 amide bonds. The van der Waals surface area contributed by atoms with Crippen molar-refractivity contribution in [2.24, 2.45) is 5.92 Å². The lowest BCUT2D eigenvalue weighted by Crippen LogP contribution is -2.49. The van der Waals surface area contributed by atoms with Gasteiger partial charge in [-0.05, 0) is 36.3 Å². The van der Waals surface area contributed by atoms with Gasteiger partial charge in [-0.3, -0.25) is 4.79 Å². The molecule has 1 fully saturated rings. The van der Waals surface area contributed by atoms with Gasteiger partial charge in [0.25, 0.3) is 10.2 Å². The summed E-state index contributed by atoms with van der Waals surface area (Å²) in [6.07, 6.45) is 1.40. The summed E-state index contributed by atoms with van der Waals surface area (Å²) < 4.78 is 27.3. The van der Waals surface area contributed by atoms with Crippen molar-refractivity contribution in [1.82, 2.24) is 13.9 Å². The van der Waals surface area contributed by atoms with Crippen molar-refractivity contribution in [3.05, 3.63) is 35.4 Å². The Morgan fingerprint density at radius 1 is 1.22 bits per heavy atom. The molecule has 0 aromatic heterocycles. The Bertz CT molecular complexity index is 752. The van der Waals surface area contributed by atoms with Crippen LogP contribution in [0.1, 0.15) is 57.7 Å². The Morgan fingerprint density at radius 3 is 2.33 bits per heavy atom. The predicted octanol–water partition coefficient (Wildman–Crippen LogP) is 2.68. The number of nitrogens with one attached hydrogen (secondary N) is 1. The Morgan fingerprint density at radius 2 is 1.81 bits per heavy atom. The van der Waals surface area contributed by atoms with Crippen LogP contribution in [-0.4, -0.2) is 50.1 Å². The maximum Gasteiger partial charge on any atom is 0.281 e. The molecule has 1 saturated heterocycles. The molecule has 7 heteroatoms. The summed E-state index contributed by atoms with van der Waals surface area (Å²) in [5.41, 5.74) is 2.39. The molecule has 1 aromatic carbocycles. The van der Waals surface area contributed by atoms with Gasteiger partial charge < -0.3 is 5.32 Å². The molecule has 1 aliphatic rings. The van der Waals surface area contributed by atoms with Gasteiger partial charge in [-0.1, -0.05) is 45.0 Å². The molecule has 152 valence electrons. The molecule has 6 nitrogen and oxygen atoms in total. The lowest BCUT2D eigenvalue weighted by atomic mass is 9.86. The molecule has 1 N–H and O–H groups in total. The van der Waals surface area contributed by atoms with E-state index in [9.17, 15) is 13.2 Å². The van der Waals surface area contributed by atoms with E-state index in [-0.39, 0.29) is 29.8 Å². The fourth-order valence-corrected chi connectivity index (χ4v) is 4.47. The first-order valence-electron chi connectivity index (χ1n) is 9.51. The van der Waals surface area contributed by atoms with E-state index in [1.165, 1.54) is 28.3 Å². The molecule has 2 rings (SSSR count). The number of piperidine rings is 1. The average molecular weight is 396 g/mol. The number of amides is 1. The zero-order chi connectivity index (χ0) is 20.4. The fourth-order valence-electron chi connectivity index (χ4n) is 3.28. The van der Waals surface area contributed by atoms with Crippen molar-refractivity contribution in [1.29, 1.82) is 0 Å². The topological polar surface area (TPSA) is 69.7 Å². The minimum atomic E-state index is -3.48. The van der Waals surface area contributed by atoms with Crippen LogP contribution in [0.3, 0.4) is 0 Å². The highest BCUT2D eigenvalue weighted by Gasteiger charge is 2.33. The summed E-state index contributed by atoms with van der Waals surface area (Å²) in [4.78, 5) is 12.7. The quantitative estimate of drug-likeness (QED) is 0.833. The number of carbonyl (C=O) groups is 1. The van der Waals surface area contributed by atoms with E-state index in [1.807, 2.05) is 6.92 Å². The van der Waals surface area contributed by atoms with E-state index < -0.39 is 10.2 Å². The standard InChI is InChI=1S/C20H33N3O3S/c1-15(16-9-11-18(12-10-16)20(2,3)4)21-19(24)17-8-7-13-23(14-17)27(25,26)22(5)6/h9-12,15,17H,7-8,13-14H2,1-6H3,(H,21,24). The third-order valence-corrected chi connectivity index (χ3v) is 7.09. The number of hydrogen-bond acceptors (Lipinski definition) is 3. The SMILES string of the molecule is CC(NC(=O)C1CCCN(S(=O)(=O)N(C)C)C1)c1ccc(C(C)(C)C)cc1. The van der Waals surface area contributed by atoms with Gasteiger partial charge in [-0.15, -0.1) is 0 Å². The van der Waals surface area contributed by atoms with Crippen LogP contribution in [0, 0.1) is 5.92 Å². The Kier molecular flexibility index (Phi) is 6.71. The van der Waals surface area contributed by atoms with Gasteiger partial charge in [0.1, 0.15) is 0 Å². The van der Waals surface area contributed by atoms with Crippen LogP contribution >= 0.6 is 0 Å². The summed E-state index contributed by atoms with van der Waals surface area (Å²) in [7, 11) is -0.447. The van der Waals surface area contributed by atoms with E-state index >= 15 is 0 Å². The van der Waals surface area contributed by atoms with E-state index in [0.29, 0.717) is 19.4 Å². The van der Waals surface area contributed by atoms with Gasteiger partial charge >= 0.3 is 0 Å². The third-order valence-electron chi connectivity index (χ3n) is 5.18.